The van der Waals surface area contributed by atoms with Crippen LogP contribution in [-0.4, -0.2) is 38.9 Å². The summed E-state index contributed by atoms with van der Waals surface area (Å²) in [5, 5.41) is 2.96. The maximum absolute atomic E-state index is 12.4. The number of rotatable bonds is 4. The van der Waals surface area contributed by atoms with Gasteiger partial charge >= 0.3 is 0 Å². The quantitative estimate of drug-likeness (QED) is 0.810. The van der Waals surface area contributed by atoms with Crippen LogP contribution in [0.25, 0.3) is 0 Å². The maximum atomic E-state index is 12.4. The summed E-state index contributed by atoms with van der Waals surface area (Å²) >= 11 is 0. The molecule has 110 valence electrons. The molecule has 2 rings (SSSR count). The Labute approximate surface area is 118 Å². The smallest absolute Gasteiger partial charge is 0.254 e. The molecule has 0 saturated carbocycles. The van der Waals surface area contributed by atoms with Crippen LogP contribution >= 0.6 is 0 Å². The van der Waals surface area contributed by atoms with Crippen molar-refractivity contribution >= 4 is 11.6 Å². The third-order valence-corrected chi connectivity index (χ3v) is 3.43. The fourth-order valence-corrected chi connectivity index (χ4v) is 2.20. The van der Waals surface area contributed by atoms with Gasteiger partial charge in [-0.1, -0.05) is 0 Å². The van der Waals surface area contributed by atoms with Gasteiger partial charge in [0, 0.05) is 18.4 Å². The minimum atomic E-state index is -0.351. The summed E-state index contributed by atoms with van der Waals surface area (Å²) in [5.74, 6) is 0.730. The summed E-state index contributed by atoms with van der Waals surface area (Å²) in [4.78, 5) is 12.4. The number of anilines is 1. The molecule has 1 amide bonds. The molecule has 0 aromatic heterocycles. The fraction of sp³-hybridized carbons (Fsp3) is 0.500. The fourth-order valence-electron chi connectivity index (χ4n) is 2.20. The number of hydrogen-bond donors (Lipinski definition) is 2. The van der Waals surface area contributed by atoms with Crippen molar-refractivity contribution in [3.05, 3.63) is 17.7 Å². The number of nitrogens with two attached hydrogens (primary N) is 1. The van der Waals surface area contributed by atoms with Crippen molar-refractivity contribution in [1.82, 2.24) is 5.32 Å². The van der Waals surface area contributed by atoms with Gasteiger partial charge < -0.3 is 25.3 Å². The molecular weight excluding hydrogens is 260 g/mol. The van der Waals surface area contributed by atoms with Crippen LogP contribution in [0, 0.1) is 0 Å². The number of carbonyl (C=O) groups excluding carboxylic acids is 1. The summed E-state index contributed by atoms with van der Waals surface area (Å²) in [6.07, 6.45) is 0.784. The molecule has 1 unspecified atom stereocenters. The Hall–Kier alpha value is -1.95. The molecule has 1 saturated heterocycles. The molecule has 0 spiro atoms. The highest BCUT2D eigenvalue weighted by Gasteiger charge is 2.32. The van der Waals surface area contributed by atoms with Gasteiger partial charge in [0.05, 0.1) is 31.9 Å². The number of nitrogens with one attached hydrogen (secondary N) is 1. The van der Waals surface area contributed by atoms with E-state index in [0.29, 0.717) is 36.0 Å². The highest BCUT2D eigenvalue weighted by molar-refractivity contribution is 6.00. The zero-order valence-electron chi connectivity index (χ0n) is 12.0. The molecule has 1 aliphatic heterocycles. The lowest BCUT2D eigenvalue weighted by atomic mass is 10.0. The molecule has 1 heterocycles. The van der Waals surface area contributed by atoms with Crippen molar-refractivity contribution in [2.24, 2.45) is 0 Å². The zero-order valence-corrected chi connectivity index (χ0v) is 12.0. The van der Waals surface area contributed by atoms with Gasteiger partial charge in [-0.3, -0.25) is 4.79 Å². The van der Waals surface area contributed by atoms with Crippen molar-refractivity contribution in [3.63, 3.8) is 0 Å². The SMILES string of the molecule is COc1cc(N)c(C(=O)NC2(C)CCOC2)cc1OC. The van der Waals surface area contributed by atoms with E-state index in [1.165, 1.54) is 14.2 Å². The van der Waals surface area contributed by atoms with E-state index in [1.807, 2.05) is 6.92 Å². The second kappa shape index (κ2) is 5.58. The van der Waals surface area contributed by atoms with Crippen LogP contribution in [0.2, 0.25) is 0 Å². The van der Waals surface area contributed by atoms with Crippen molar-refractivity contribution in [2.45, 2.75) is 18.9 Å². The summed E-state index contributed by atoms with van der Waals surface area (Å²) in [5.41, 5.74) is 6.28. The van der Waals surface area contributed by atoms with Crippen molar-refractivity contribution < 1.29 is 19.0 Å². The van der Waals surface area contributed by atoms with Gasteiger partial charge in [-0.25, -0.2) is 0 Å². The number of nitrogen functional groups attached to an aromatic ring is 1. The molecule has 6 heteroatoms. The molecule has 1 atom stereocenters. The Morgan fingerprint density at radius 3 is 2.55 bits per heavy atom. The topological polar surface area (TPSA) is 82.8 Å². The number of ether oxygens (including phenoxy) is 3. The minimum Gasteiger partial charge on any atom is -0.493 e. The predicted molar refractivity (Wildman–Crippen MR) is 75.3 cm³/mol. The molecule has 1 aromatic carbocycles. The molecule has 3 N–H and O–H groups in total. The predicted octanol–water partition coefficient (Wildman–Crippen LogP) is 1.19. The second-order valence-corrected chi connectivity index (χ2v) is 5.11. The van der Waals surface area contributed by atoms with Crippen molar-refractivity contribution in [1.29, 1.82) is 0 Å². The molecule has 0 radical (unpaired) electrons. The van der Waals surface area contributed by atoms with Crippen LogP contribution in [0.1, 0.15) is 23.7 Å². The monoisotopic (exact) mass is 280 g/mol. The number of methoxy groups -OCH3 is 2. The van der Waals surface area contributed by atoms with Crippen molar-refractivity contribution in [2.75, 3.05) is 33.2 Å². The second-order valence-electron chi connectivity index (χ2n) is 5.11. The number of carbonyl (C=O) groups is 1. The standard InChI is InChI=1S/C14H20N2O4/c1-14(4-5-20-8-14)16-13(17)9-6-11(18-2)12(19-3)7-10(9)15/h6-7H,4-5,8,15H2,1-3H3,(H,16,17). The maximum Gasteiger partial charge on any atom is 0.254 e. The highest BCUT2D eigenvalue weighted by Crippen LogP contribution is 2.32. The van der Waals surface area contributed by atoms with E-state index < -0.39 is 0 Å². The van der Waals surface area contributed by atoms with E-state index in [2.05, 4.69) is 5.32 Å². The van der Waals surface area contributed by atoms with Crippen LogP contribution in [0.5, 0.6) is 11.5 Å². The van der Waals surface area contributed by atoms with Gasteiger partial charge in [0.1, 0.15) is 0 Å². The van der Waals surface area contributed by atoms with Crippen LogP contribution in [0.4, 0.5) is 5.69 Å². The zero-order chi connectivity index (χ0) is 14.8. The summed E-state index contributed by atoms with van der Waals surface area (Å²) in [6, 6.07) is 3.17. The average Bonchev–Trinajstić information content (AvgIpc) is 2.84. The summed E-state index contributed by atoms with van der Waals surface area (Å²) in [6.45, 7) is 3.11. The van der Waals surface area contributed by atoms with E-state index in [0.717, 1.165) is 6.42 Å². The normalized spacial score (nSPS) is 21.6. The largest absolute Gasteiger partial charge is 0.493 e. The Bertz CT molecular complexity index is 510. The van der Waals surface area contributed by atoms with E-state index in [9.17, 15) is 4.79 Å². The van der Waals surface area contributed by atoms with Crippen LogP contribution in [-0.2, 0) is 4.74 Å². The van der Waals surface area contributed by atoms with Crippen LogP contribution < -0.4 is 20.5 Å². The molecule has 0 aliphatic carbocycles. The Morgan fingerprint density at radius 1 is 1.35 bits per heavy atom. The lowest BCUT2D eigenvalue weighted by molar-refractivity contribution is 0.0890. The van der Waals surface area contributed by atoms with Gasteiger partial charge in [-0.2, -0.15) is 0 Å². The van der Waals surface area contributed by atoms with E-state index in [-0.39, 0.29) is 11.4 Å². The first kappa shape index (κ1) is 14.5. The molecule has 1 aliphatic rings. The van der Waals surface area contributed by atoms with Gasteiger partial charge in [-0.15, -0.1) is 0 Å². The number of amides is 1. The molecular formula is C14H20N2O4. The van der Waals surface area contributed by atoms with Crippen LogP contribution in [0.15, 0.2) is 12.1 Å². The van der Waals surface area contributed by atoms with E-state index in [4.69, 9.17) is 19.9 Å². The first-order chi connectivity index (χ1) is 9.49. The number of hydrogen-bond acceptors (Lipinski definition) is 5. The Kier molecular flexibility index (Phi) is 4.04. The third kappa shape index (κ3) is 2.80. The Morgan fingerprint density at radius 2 is 2.00 bits per heavy atom. The van der Waals surface area contributed by atoms with E-state index in [1.54, 1.807) is 12.1 Å². The highest BCUT2D eigenvalue weighted by atomic mass is 16.5. The van der Waals surface area contributed by atoms with Gasteiger partial charge in [-0.05, 0) is 19.4 Å². The average molecular weight is 280 g/mol. The van der Waals surface area contributed by atoms with Gasteiger partial charge in [0.15, 0.2) is 11.5 Å². The molecule has 1 fully saturated rings. The van der Waals surface area contributed by atoms with E-state index >= 15 is 0 Å². The third-order valence-electron chi connectivity index (χ3n) is 3.43. The summed E-state index contributed by atoms with van der Waals surface area (Å²) < 4.78 is 15.7. The molecule has 1 aromatic rings. The first-order valence-corrected chi connectivity index (χ1v) is 6.41. The van der Waals surface area contributed by atoms with Crippen molar-refractivity contribution in [3.8, 4) is 11.5 Å². The molecule has 20 heavy (non-hydrogen) atoms. The minimum absolute atomic E-state index is 0.239. The lowest BCUT2D eigenvalue weighted by Crippen LogP contribution is -2.46. The number of benzene rings is 1. The van der Waals surface area contributed by atoms with Gasteiger partial charge in [0.25, 0.3) is 5.91 Å². The lowest BCUT2D eigenvalue weighted by Gasteiger charge is -2.24. The van der Waals surface area contributed by atoms with Crippen LogP contribution in [0.3, 0.4) is 0 Å². The molecule has 6 nitrogen and oxygen atoms in total. The summed E-state index contributed by atoms with van der Waals surface area (Å²) in [7, 11) is 3.04. The van der Waals surface area contributed by atoms with Gasteiger partial charge in [0.2, 0.25) is 0 Å². The Balaban J connectivity index is 2.25. The molecule has 0 bridgehead atoms. The first-order valence-electron chi connectivity index (χ1n) is 6.41.